The number of alkyl halides is 3. The monoisotopic (exact) mass is 394 g/mol. The molecule has 0 fully saturated rings. The SMILES string of the molecule is O=Cc1nc(-c2ccc(C(F)(F)F)cc2)oc1-c1ccc(-c2cccnc2)cc1. The predicted molar refractivity (Wildman–Crippen MR) is 101 cm³/mol. The first kappa shape index (κ1) is 18.6. The molecule has 2 heterocycles. The van der Waals surface area contributed by atoms with Gasteiger partial charge in [-0.15, -0.1) is 0 Å². The summed E-state index contributed by atoms with van der Waals surface area (Å²) >= 11 is 0. The number of carbonyl (C=O) groups is 1. The number of hydrogen-bond acceptors (Lipinski definition) is 4. The average Bonchev–Trinajstić information content (AvgIpc) is 3.18. The maximum Gasteiger partial charge on any atom is 0.416 e. The molecule has 7 heteroatoms. The van der Waals surface area contributed by atoms with Crippen LogP contribution in [0.3, 0.4) is 0 Å². The molecule has 0 saturated carbocycles. The molecule has 0 N–H and O–H groups in total. The fourth-order valence-electron chi connectivity index (χ4n) is 2.89. The van der Waals surface area contributed by atoms with Gasteiger partial charge in [-0.3, -0.25) is 9.78 Å². The van der Waals surface area contributed by atoms with Gasteiger partial charge in [-0.25, -0.2) is 4.98 Å². The molecule has 0 bridgehead atoms. The molecular formula is C22H13F3N2O2. The summed E-state index contributed by atoms with van der Waals surface area (Å²) in [6, 6.07) is 15.5. The van der Waals surface area contributed by atoms with E-state index in [-0.39, 0.29) is 17.3 Å². The number of aromatic nitrogens is 2. The van der Waals surface area contributed by atoms with Crippen LogP contribution >= 0.6 is 0 Å². The van der Waals surface area contributed by atoms with Crippen LogP contribution in [0.25, 0.3) is 33.9 Å². The number of pyridine rings is 1. The highest BCUT2D eigenvalue weighted by molar-refractivity contribution is 5.84. The second-order valence-corrected chi connectivity index (χ2v) is 6.25. The Hall–Kier alpha value is -3.74. The third-order valence-corrected chi connectivity index (χ3v) is 4.37. The van der Waals surface area contributed by atoms with Gasteiger partial charge in [-0.05, 0) is 41.5 Å². The summed E-state index contributed by atoms with van der Waals surface area (Å²) < 4.78 is 43.9. The number of carbonyl (C=O) groups excluding carboxylic acids is 1. The van der Waals surface area contributed by atoms with Crippen molar-refractivity contribution < 1.29 is 22.4 Å². The van der Waals surface area contributed by atoms with E-state index in [9.17, 15) is 18.0 Å². The van der Waals surface area contributed by atoms with Crippen LogP contribution < -0.4 is 0 Å². The lowest BCUT2D eigenvalue weighted by Crippen LogP contribution is -2.03. The molecule has 0 aliphatic carbocycles. The molecule has 4 nitrogen and oxygen atoms in total. The third kappa shape index (κ3) is 3.80. The molecule has 0 spiro atoms. The summed E-state index contributed by atoms with van der Waals surface area (Å²) in [6.07, 6.45) is -0.444. The smallest absolute Gasteiger partial charge is 0.416 e. The molecule has 2 aromatic carbocycles. The summed E-state index contributed by atoms with van der Waals surface area (Å²) in [4.78, 5) is 19.6. The second-order valence-electron chi connectivity index (χ2n) is 6.25. The van der Waals surface area contributed by atoms with Gasteiger partial charge >= 0.3 is 6.18 Å². The Kier molecular flexibility index (Phi) is 4.72. The Bertz CT molecular complexity index is 1130. The van der Waals surface area contributed by atoms with Crippen molar-refractivity contribution >= 4 is 6.29 Å². The molecule has 0 atom stereocenters. The highest BCUT2D eigenvalue weighted by Gasteiger charge is 2.30. The second kappa shape index (κ2) is 7.35. The Morgan fingerprint density at radius 2 is 1.48 bits per heavy atom. The molecule has 0 amide bonds. The third-order valence-electron chi connectivity index (χ3n) is 4.37. The lowest BCUT2D eigenvalue weighted by atomic mass is 10.0. The van der Waals surface area contributed by atoms with E-state index in [4.69, 9.17) is 4.42 Å². The Morgan fingerprint density at radius 3 is 2.07 bits per heavy atom. The molecule has 0 unspecified atom stereocenters. The molecular weight excluding hydrogens is 381 g/mol. The fraction of sp³-hybridized carbons (Fsp3) is 0.0455. The van der Waals surface area contributed by atoms with Crippen molar-refractivity contribution in [3.63, 3.8) is 0 Å². The lowest BCUT2D eigenvalue weighted by Gasteiger charge is -2.06. The predicted octanol–water partition coefficient (Wildman–Crippen LogP) is 5.90. The van der Waals surface area contributed by atoms with E-state index in [1.165, 1.54) is 12.1 Å². The molecule has 0 aliphatic heterocycles. The van der Waals surface area contributed by atoms with E-state index in [1.807, 2.05) is 24.3 Å². The van der Waals surface area contributed by atoms with Crippen LogP contribution in [0.4, 0.5) is 13.2 Å². The molecule has 4 aromatic rings. The van der Waals surface area contributed by atoms with Gasteiger partial charge in [0.05, 0.1) is 5.56 Å². The number of hydrogen-bond donors (Lipinski definition) is 0. The summed E-state index contributed by atoms with van der Waals surface area (Å²) in [6.45, 7) is 0. The lowest BCUT2D eigenvalue weighted by molar-refractivity contribution is -0.137. The maximum absolute atomic E-state index is 12.7. The first-order valence-electron chi connectivity index (χ1n) is 8.60. The Balaban J connectivity index is 1.67. The first-order chi connectivity index (χ1) is 14.0. The zero-order chi connectivity index (χ0) is 20.4. The quantitative estimate of drug-likeness (QED) is 0.404. The van der Waals surface area contributed by atoms with E-state index < -0.39 is 11.7 Å². The number of halogens is 3. The molecule has 4 rings (SSSR count). The topological polar surface area (TPSA) is 56.0 Å². The van der Waals surface area contributed by atoms with Crippen molar-refractivity contribution in [3.8, 4) is 33.9 Å². The fourth-order valence-corrected chi connectivity index (χ4v) is 2.89. The minimum absolute atomic E-state index is 0.0761. The van der Waals surface area contributed by atoms with Crippen LogP contribution in [-0.2, 0) is 6.18 Å². The van der Waals surface area contributed by atoms with E-state index >= 15 is 0 Å². The minimum atomic E-state index is -4.43. The van der Waals surface area contributed by atoms with Crippen molar-refractivity contribution in [1.29, 1.82) is 0 Å². The summed E-state index contributed by atoms with van der Waals surface area (Å²) in [5.41, 5.74) is 2.17. The van der Waals surface area contributed by atoms with Crippen molar-refractivity contribution in [2.75, 3.05) is 0 Å². The van der Waals surface area contributed by atoms with Crippen LogP contribution in [0.2, 0.25) is 0 Å². The number of oxazole rings is 1. The molecule has 0 saturated heterocycles. The molecule has 144 valence electrons. The maximum atomic E-state index is 12.7. The van der Waals surface area contributed by atoms with Gasteiger partial charge in [0.1, 0.15) is 0 Å². The largest absolute Gasteiger partial charge is 0.435 e. The molecule has 29 heavy (non-hydrogen) atoms. The van der Waals surface area contributed by atoms with E-state index in [0.29, 0.717) is 17.4 Å². The highest BCUT2D eigenvalue weighted by Crippen LogP contribution is 2.33. The van der Waals surface area contributed by atoms with Crippen LogP contribution in [0.15, 0.2) is 77.5 Å². The van der Waals surface area contributed by atoms with Crippen LogP contribution in [0.5, 0.6) is 0 Å². The Labute approximate surface area is 163 Å². The van der Waals surface area contributed by atoms with Crippen molar-refractivity contribution in [1.82, 2.24) is 9.97 Å². The number of nitrogens with zero attached hydrogens (tertiary/aromatic N) is 2. The summed E-state index contributed by atoms with van der Waals surface area (Å²) in [7, 11) is 0. The van der Waals surface area contributed by atoms with Crippen LogP contribution in [-0.4, -0.2) is 16.3 Å². The zero-order valence-corrected chi connectivity index (χ0v) is 14.9. The number of benzene rings is 2. The normalized spacial score (nSPS) is 11.4. The van der Waals surface area contributed by atoms with Gasteiger partial charge in [0.2, 0.25) is 5.89 Å². The van der Waals surface area contributed by atoms with Crippen molar-refractivity contribution in [2.45, 2.75) is 6.18 Å². The zero-order valence-electron chi connectivity index (χ0n) is 14.9. The van der Waals surface area contributed by atoms with Crippen molar-refractivity contribution in [3.05, 3.63) is 84.3 Å². The Morgan fingerprint density at radius 1 is 0.828 bits per heavy atom. The van der Waals surface area contributed by atoms with Crippen LogP contribution in [0, 0.1) is 0 Å². The first-order valence-corrected chi connectivity index (χ1v) is 8.60. The highest BCUT2D eigenvalue weighted by atomic mass is 19.4. The average molecular weight is 394 g/mol. The molecule has 2 aromatic heterocycles. The van der Waals surface area contributed by atoms with Gasteiger partial charge < -0.3 is 4.42 Å². The van der Waals surface area contributed by atoms with Gasteiger partial charge in [-0.2, -0.15) is 13.2 Å². The summed E-state index contributed by atoms with van der Waals surface area (Å²) in [5, 5.41) is 0. The van der Waals surface area contributed by atoms with Crippen molar-refractivity contribution in [2.24, 2.45) is 0 Å². The standard InChI is InChI=1S/C22H13F3N2O2/c23-22(24,25)18-9-7-16(8-10-18)21-27-19(13-28)20(29-21)15-5-3-14(4-6-15)17-2-1-11-26-12-17/h1-13H. The van der Waals surface area contributed by atoms with E-state index in [1.54, 1.807) is 24.5 Å². The van der Waals surface area contributed by atoms with E-state index in [2.05, 4.69) is 9.97 Å². The van der Waals surface area contributed by atoms with Gasteiger partial charge in [0.15, 0.2) is 17.7 Å². The van der Waals surface area contributed by atoms with Gasteiger partial charge in [0.25, 0.3) is 0 Å². The van der Waals surface area contributed by atoms with Crippen LogP contribution in [0.1, 0.15) is 16.1 Å². The summed E-state index contributed by atoms with van der Waals surface area (Å²) in [5.74, 6) is 0.333. The number of aldehydes is 1. The molecule has 0 radical (unpaired) electrons. The van der Waals surface area contributed by atoms with E-state index in [0.717, 1.165) is 23.3 Å². The van der Waals surface area contributed by atoms with Gasteiger partial charge in [-0.1, -0.05) is 30.3 Å². The number of rotatable bonds is 4. The minimum Gasteiger partial charge on any atom is -0.435 e. The van der Waals surface area contributed by atoms with Gasteiger partial charge in [0, 0.05) is 23.5 Å². The molecule has 0 aliphatic rings.